The second kappa shape index (κ2) is 13.5. The van der Waals surface area contributed by atoms with Crippen LogP contribution >= 0.6 is 0 Å². The molecule has 10 rings (SSSR count). The standard InChI is InChI=1S/C51H36N2O/c1-3-8-42-32-44(17-15-35(42)6-1)39-13-11-37(12-14-39)38-19-25-47(26-20-38)53(49-29-23-41(24-30-49)50-34-46-10-5-31-52-51(46)54-50)48-27-21-40(22-28-48)45-18-16-36-7-2-4-9-43(36)33-45/h1-30,32-34,52H,31H2. The minimum absolute atomic E-state index is 0.781. The van der Waals surface area contributed by atoms with E-state index in [2.05, 4.69) is 210 Å². The number of nitrogens with one attached hydrogen (secondary N) is 1. The first-order valence-electron chi connectivity index (χ1n) is 18.5. The summed E-state index contributed by atoms with van der Waals surface area (Å²) in [5, 5.41) is 8.33. The predicted molar refractivity (Wildman–Crippen MR) is 228 cm³/mol. The van der Waals surface area contributed by atoms with Crippen LogP contribution in [0.1, 0.15) is 5.56 Å². The maximum absolute atomic E-state index is 6.17. The lowest BCUT2D eigenvalue weighted by atomic mass is 9.98. The van der Waals surface area contributed by atoms with E-state index < -0.39 is 0 Å². The van der Waals surface area contributed by atoms with Crippen LogP contribution in [0.5, 0.6) is 0 Å². The summed E-state index contributed by atoms with van der Waals surface area (Å²) in [7, 11) is 0. The molecule has 54 heavy (non-hydrogen) atoms. The van der Waals surface area contributed by atoms with E-state index in [-0.39, 0.29) is 0 Å². The lowest BCUT2D eigenvalue weighted by molar-refractivity contribution is 0.595. The van der Waals surface area contributed by atoms with Gasteiger partial charge in [-0.3, -0.25) is 0 Å². The van der Waals surface area contributed by atoms with Gasteiger partial charge in [-0.1, -0.05) is 133 Å². The van der Waals surface area contributed by atoms with Crippen molar-refractivity contribution in [2.45, 2.75) is 0 Å². The third-order valence-corrected chi connectivity index (χ3v) is 10.5. The molecule has 0 amide bonds. The van der Waals surface area contributed by atoms with Crippen LogP contribution in [-0.2, 0) is 0 Å². The third-order valence-electron chi connectivity index (χ3n) is 10.5. The minimum atomic E-state index is 0.781. The van der Waals surface area contributed by atoms with Crippen LogP contribution in [0.4, 0.5) is 22.9 Å². The molecule has 1 aromatic heterocycles. The van der Waals surface area contributed by atoms with Crippen molar-refractivity contribution < 1.29 is 4.42 Å². The molecule has 0 spiro atoms. The Kier molecular flexibility index (Phi) is 7.88. The van der Waals surface area contributed by atoms with Crippen molar-refractivity contribution in [1.82, 2.24) is 0 Å². The maximum Gasteiger partial charge on any atom is 0.201 e. The summed E-state index contributed by atoms with van der Waals surface area (Å²) >= 11 is 0. The average Bonchev–Trinajstić information content (AvgIpc) is 3.69. The van der Waals surface area contributed by atoms with Gasteiger partial charge in [-0.2, -0.15) is 0 Å². The molecule has 2 heterocycles. The van der Waals surface area contributed by atoms with E-state index in [0.717, 1.165) is 46.4 Å². The SMILES string of the molecule is C1=Cc2cc(-c3ccc(N(c4ccc(-c5ccc(-c6ccc7ccccc7c6)cc5)cc4)c4ccc(-c5ccc6ccccc6c5)cc4)cc3)oc2NC1. The van der Waals surface area contributed by atoms with E-state index in [9.17, 15) is 0 Å². The summed E-state index contributed by atoms with van der Waals surface area (Å²) in [5.41, 5.74) is 12.6. The summed E-state index contributed by atoms with van der Waals surface area (Å²) in [5.74, 6) is 1.68. The van der Waals surface area contributed by atoms with Gasteiger partial charge in [0, 0.05) is 34.7 Å². The van der Waals surface area contributed by atoms with Crippen LogP contribution in [0.3, 0.4) is 0 Å². The molecule has 3 heteroatoms. The number of furan rings is 1. The van der Waals surface area contributed by atoms with Crippen LogP contribution in [0.25, 0.3) is 72.3 Å². The van der Waals surface area contributed by atoms with E-state index in [1.807, 2.05) is 0 Å². The molecular formula is C51H36N2O. The van der Waals surface area contributed by atoms with Crippen molar-refractivity contribution in [3.05, 3.63) is 200 Å². The van der Waals surface area contributed by atoms with Gasteiger partial charge in [0.05, 0.1) is 0 Å². The van der Waals surface area contributed by atoms with Crippen molar-refractivity contribution in [3.8, 4) is 44.7 Å². The molecule has 8 aromatic carbocycles. The molecule has 0 fully saturated rings. The van der Waals surface area contributed by atoms with Crippen LogP contribution < -0.4 is 10.2 Å². The first-order valence-corrected chi connectivity index (χ1v) is 18.5. The smallest absolute Gasteiger partial charge is 0.201 e. The Labute approximate surface area is 315 Å². The van der Waals surface area contributed by atoms with Gasteiger partial charge >= 0.3 is 0 Å². The maximum atomic E-state index is 6.17. The van der Waals surface area contributed by atoms with Crippen molar-refractivity contribution >= 4 is 50.6 Å². The van der Waals surface area contributed by atoms with Gasteiger partial charge in [0.2, 0.25) is 5.88 Å². The van der Waals surface area contributed by atoms with E-state index in [1.54, 1.807) is 0 Å². The Morgan fingerprint density at radius 3 is 1.28 bits per heavy atom. The Bertz CT molecular complexity index is 2790. The van der Waals surface area contributed by atoms with E-state index in [1.165, 1.54) is 54.9 Å². The first kappa shape index (κ1) is 31.6. The number of rotatable bonds is 7. The summed E-state index contributed by atoms with van der Waals surface area (Å²) < 4.78 is 6.17. The van der Waals surface area contributed by atoms with Gasteiger partial charge in [-0.05, 0) is 122 Å². The van der Waals surface area contributed by atoms with Crippen molar-refractivity contribution in [2.24, 2.45) is 0 Å². The number of fused-ring (bicyclic) bond motifs is 3. The molecule has 1 N–H and O–H groups in total. The number of benzene rings is 8. The molecule has 0 saturated heterocycles. The molecule has 256 valence electrons. The fourth-order valence-electron chi connectivity index (χ4n) is 7.57. The molecule has 0 saturated carbocycles. The Morgan fingerprint density at radius 1 is 0.389 bits per heavy atom. The van der Waals surface area contributed by atoms with Crippen molar-refractivity contribution in [1.29, 1.82) is 0 Å². The summed E-state index contributed by atoms with van der Waals surface area (Å²) in [4.78, 5) is 2.32. The summed E-state index contributed by atoms with van der Waals surface area (Å²) in [6.45, 7) is 0.781. The largest absolute Gasteiger partial charge is 0.440 e. The van der Waals surface area contributed by atoms with E-state index >= 15 is 0 Å². The minimum Gasteiger partial charge on any atom is -0.440 e. The normalized spacial score (nSPS) is 12.1. The van der Waals surface area contributed by atoms with E-state index in [0.29, 0.717) is 0 Å². The molecular weight excluding hydrogens is 657 g/mol. The molecule has 0 unspecified atom stereocenters. The molecule has 0 atom stereocenters. The zero-order chi connectivity index (χ0) is 35.8. The second-order valence-corrected chi connectivity index (χ2v) is 13.9. The summed E-state index contributed by atoms with van der Waals surface area (Å²) in [6.07, 6.45) is 4.22. The van der Waals surface area contributed by atoms with Crippen LogP contribution in [0.15, 0.2) is 199 Å². The van der Waals surface area contributed by atoms with Gasteiger partial charge < -0.3 is 14.6 Å². The zero-order valence-corrected chi connectivity index (χ0v) is 29.6. The van der Waals surface area contributed by atoms with Crippen LogP contribution in [0.2, 0.25) is 0 Å². The molecule has 0 radical (unpaired) electrons. The molecule has 9 aromatic rings. The fraction of sp³-hybridized carbons (Fsp3) is 0.0196. The van der Waals surface area contributed by atoms with Crippen LogP contribution in [-0.4, -0.2) is 6.54 Å². The van der Waals surface area contributed by atoms with Crippen molar-refractivity contribution in [2.75, 3.05) is 16.8 Å². The van der Waals surface area contributed by atoms with Gasteiger partial charge in [0.25, 0.3) is 0 Å². The predicted octanol–water partition coefficient (Wildman–Crippen LogP) is 14.2. The van der Waals surface area contributed by atoms with E-state index in [4.69, 9.17) is 4.42 Å². The third kappa shape index (κ3) is 6.02. The molecule has 0 aliphatic carbocycles. The Hall–Kier alpha value is -7.10. The average molecular weight is 693 g/mol. The van der Waals surface area contributed by atoms with Crippen molar-refractivity contribution in [3.63, 3.8) is 0 Å². The van der Waals surface area contributed by atoms with Crippen LogP contribution in [0, 0.1) is 0 Å². The summed E-state index contributed by atoms with van der Waals surface area (Å²) in [6, 6.07) is 67.8. The second-order valence-electron chi connectivity index (χ2n) is 13.9. The molecule has 3 nitrogen and oxygen atoms in total. The fourth-order valence-corrected chi connectivity index (χ4v) is 7.57. The highest BCUT2D eigenvalue weighted by Gasteiger charge is 2.16. The molecule has 1 aliphatic heterocycles. The van der Waals surface area contributed by atoms with Gasteiger partial charge in [0.15, 0.2) is 0 Å². The Balaban J connectivity index is 0.970. The monoisotopic (exact) mass is 692 g/mol. The number of anilines is 4. The molecule has 1 aliphatic rings. The highest BCUT2D eigenvalue weighted by molar-refractivity contribution is 5.89. The highest BCUT2D eigenvalue weighted by Crippen LogP contribution is 2.39. The van der Waals surface area contributed by atoms with Gasteiger partial charge in [-0.25, -0.2) is 0 Å². The lowest BCUT2D eigenvalue weighted by Crippen LogP contribution is -2.09. The van der Waals surface area contributed by atoms with Gasteiger partial charge in [0.1, 0.15) is 5.76 Å². The highest BCUT2D eigenvalue weighted by atomic mass is 16.4. The topological polar surface area (TPSA) is 28.4 Å². The number of hydrogen-bond donors (Lipinski definition) is 1. The lowest BCUT2D eigenvalue weighted by Gasteiger charge is -2.26. The first-order chi connectivity index (χ1) is 26.7. The number of nitrogens with zero attached hydrogens (tertiary/aromatic N) is 1. The Morgan fingerprint density at radius 2 is 0.796 bits per heavy atom. The zero-order valence-electron chi connectivity index (χ0n) is 29.6. The van der Waals surface area contributed by atoms with Gasteiger partial charge in [-0.15, -0.1) is 0 Å². The molecule has 0 bridgehead atoms. The number of hydrogen-bond acceptors (Lipinski definition) is 3. The quantitative estimate of drug-likeness (QED) is 0.180.